The van der Waals surface area contributed by atoms with Gasteiger partial charge in [-0.05, 0) is 113 Å². The molecule has 4 aliphatic rings. The average molecular weight is 729 g/mol. The van der Waals surface area contributed by atoms with E-state index in [-0.39, 0.29) is 40.6 Å². The first-order chi connectivity index (χ1) is 25.4. The summed E-state index contributed by atoms with van der Waals surface area (Å²) in [5.74, 6) is 0.557. The van der Waals surface area contributed by atoms with Crippen LogP contribution in [-0.4, -0.2) is 99.8 Å². The lowest BCUT2D eigenvalue weighted by Crippen LogP contribution is -2.44. The summed E-state index contributed by atoms with van der Waals surface area (Å²) in [6.07, 6.45) is 8.06. The molecular weight excluding hydrogens is 676 g/mol. The van der Waals surface area contributed by atoms with Crippen LogP contribution in [0.4, 0.5) is 11.4 Å². The predicted molar refractivity (Wildman–Crippen MR) is 202 cm³/mol. The molecule has 1 aliphatic carbocycles. The molecule has 3 fully saturated rings. The fourth-order valence-corrected chi connectivity index (χ4v) is 9.28. The number of aryl methyl sites for hydroxylation is 1. The van der Waals surface area contributed by atoms with Gasteiger partial charge in [-0.1, -0.05) is 12.1 Å². The maximum Gasteiger partial charge on any atom is 0.329 e. The number of carbonyl (C=O) groups is 3. The van der Waals surface area contributed by atoms with Gasteiger partial charge in [-0.15, -0.1) is 0 Å². The fraction of sp³-hybridized carbons (Fsp3) is 0.590. The Morgan fingerprint density at radius 3 is 2.36 bits per heavy atom. The zero-order chi connectivity index (χ0) is 37.6. The van der Waals surface area contributed by atoms with E-state index in [0.717, 1.165) is 93.4 Å². The van der Waals surface area contributed by atoms with Gasteiger partial charge in [0.1, 0.15) is 11.7 Å². The number of rotatable bonds is 11. The zero-order valence-corrected chi connectivity index (χ0v) is 31.4. The summed E-state index contributed by atoms with van der Waals surface area (Å²) < 4.78 is 3.20. The topological polar surface area (TPSA) is 146 Å². The van der Waals surface area contributed by atoms with Crippen LogP contribution in [0.2, 0.25) is 0 Å². The van der Waals surface area contributed by atoms with E-state index in [2.05, 4.69) is 28.2 Å². The van der Waals surface area contributed by atoms with Gasteiger partial charge in [0, 0.05) is 64.9 Å². The quantitative estimate of drug-likeness (QED) is 0.176. The number of fused-ring (bicyclic) bond motifs is 2. The number of imide groups is 1. The number of aromatic nitrogens is 2. The van der Waals surface area contributed by atoms with Crippen LogP contribution in [0.25, 0.3) is 11.0 Å². The molecule has 1 N–H and O–H groups in total. The Kier molecular flexibility index (Phi) is 10.4. The number of para-hydroxylation sites is 1. The third-order valence-corrected chi connectivity index (χ3v) is 12.3. The van der Waals surface area contributed by atoms with Crippen molar-refractivity contribution in [3.8, 4) is 0 Å². The lowest BCUT2D eigenvalue weighted by molar-refractivity contribution is -0.384. The second-order valence-electron chi connectivity index (χ2n) is 16.0. The van der Waals surface area contributed by atoms with Crippen molar-refractivity contribution in [1.29, 1.82) is 0 Å². The molecule has 1 saturated carbocycles. The highest BCUT2D eigenvalue weighted by Crippen LogP contribution is 2.38. The molecule has 3 aliphatic heterocycles. The number of imidazole rings is 1. The Labute approximate surface area is 309 Å². The molecule has 1 atom stereocenters. The van der Waals surface area contributed by atoms with Crippen LogP contribution in [0, 0.1) is 22.0 Å². The van der Waals surface area contributed by atoms with E-state index in [1.807, 2.05) is 17.0 Å². The number of hydrogen-bond donors (Lipinski definition) is 1. The Bertz CT molecular complexity index is 1970. The lowest BCUT2D eigenvalue weighted by atomic mass is 9.85. The molecule has 14 heteroatoms. The van der Waals surface area contributed by atoms with E-state index in [1.54, 1.807) is 47.3 Å². The normalized spacial score (nSPS) is 22.8. The van der Waals surface area contributed by atoms with E-state index in [0.29, 0.717) is 36.1 Å². The Morgan fingerprint density at radius 1 is 0.943 bits per heavy atom. The van der Waals surface area contributed by atoms with Crippen molar-refractivity contribution >= 4 is 40.1 Å². The first-order valence-corrected chi connectivity index (χ1v) is 19.1. The third-order valence-electron chi connectivity index (χ3n) is 12.3. The van der Waals surface area contributed by atoms with Crippen molar-refractivity contribution < 1.29 is 19.3 Å². The fourth-order valence-electron chi connectivity index (χ4n) is 9.28. The van der Waals surface area contributed by atoms with Gasteiger partial charge in [-0.25, -0.2) is 4.79 Å². The molecule has 0 spiro atoms. The summed E-state index contributed by atoms with van der Waals surface area (Å²) in [5, 5.41) is 14.1. The van der Waals surface area contributed by atoms with E-state index in [1.165, 1.54) is 6.42 Å². The smallest absolute Gasteiger partial charge is 0.329 e. The first kappa shape index (κ1) is 36.8. The number of anilines is 1. The van der Waals surface area contributed by atoms with Crippen LogP contribution in [-0.2, 0) is 29.7 Å². The molecule has 14 nitrogen and oxygen atoms in total. The minimum atomic E-state index is -0.686. The van der Waals surface area contributed by atoms with Crippen LogP contribution in [0.3, 0.4) is 0 Å². The summed E-state index contributed by atoms with van der Waals surface area (Å²) in [5.41, 5.74) is 4.28. The zero-order valence-electron chi connectivity index (χ0n) is 31.4. The minimum Gasteiger partial charge on any atom is -0.372 e. The summed E-state index contributed by atoms with van der Waals surface area (Å²) in [4.78, 5) is 71.0. The molecule has 284 valence electrons. The van der Waals surface area contributed by atoms with Crippen molar-refractivity contribution in [2.24, 2.45) is 18.9 Å². The minimum absolute atomic E-state index is 0.00356. The molecule has 0 radical (unpaired) electrons. The third kappa shape index (κ3) is 7.35. The van der Waals surface area contributed by atoms with Crippen LogP contribution >= 0.6 is 0 Å². The number of hydrogen-bond acceptors (Lipinski definition) is 9. The molecule has 3 amide bonds. The molecule has 53 heavy (non-hydrogen) atoms. The molecule has 4 heterocycles. The van der Waals surface area contributed by atoms with Gasteiger partial charge >= 0.3 is 5.69 Å². The molecule has 1 unspecified atom stereocenters. The number of carbonyl (C=O) groups excluding carboxylic acids is 3. The lowest BCUT2D eigenvalue weighted by Gasteiger charge is -2.36. The van der Waals surface area contributed by atoms with Crippen molar-refractivity contribution in [1.82, 2.24) is 29.2 Å². The number of piperidine rings is 2. The second kappa shape index (κ2) is 15.1. The number of nitro benzene ring substituents is 1. The number of likely N-dealkylation sites (tertiary alicyclic amines) is 1. The Balaban J connectivity index is 0.862. The second-order valence-corrected chi connectivity index (χ2v) is 16.0. The van der Waals surface area contributed by atoms with Crippen molar-refractivity contribution in [2.45, 2.75) is 83.0 Å². The summed E-state index contributed by atoms with van der Waals surface area (Å²) in [7, 11) is 7.51. The monoisotopic (exact) mass is 728 g/mol. The molecule has 7 rings (SSSR count). The van der Waals surface area contributed by atoms with Crippen molar-refractivity contribution in [2.75, 3.05) is 52.2 Å². The largest absolute Gasteiger partial charge is 0.372 e. The summed E-state index contributed by atoms with van der Waals surface area (Å²) >= 11 is 0. The maximum absolute atomic E-state index is 13.4. The highest BCUT2D eigenvalue weighted by Gasteiger charge is 2.37. The molecule has 3 aromatic rings. The highest BCUT2D eigenvalue weighted by molar-refractivity contribution is 6.01. The van der Waals surface area contributed by atoms with Gasteiger partial charge in [-0.3, -0.25) is 43.8 Å². The predicted octanol–water partition coefficient (Wildman–Crippen LogP) is 4.04. The van der Waals surface area contributed by atoms with Gasteiger partial charge in [0.05, 0.1) is 16.0 Å². The first-order valence-electron chi connectivity index (χ1n) is 19.1. The van der Waals surface area contributed by atoms with E-state index in [4.69, 9.17) is 0 Å². The van der Waals surface area contributed by atoms with Crippen LogP contribution in [0.5, 0.6) is 0 Å². The summed E-state index contributed by atoms with van der Waals surface area (Å²) in [6, 6.07) is 8.68. The SMILES string of the molecule is CN(CCC1CCN(Cc2cccc3c2n(C)c(=O)n3C2CCC(=O)NC2=O)CC1)CC1CCC(N2Cc3cc([N+](=O)[O-])c(N(C)C)cc3C2=O)CC1. The molecule has 2 saturated heterocycles. The maximum atomic E-state index is 13.4. The summed E-state index contributed by atoms with van der Waals surface area (Å²) in [6.45, 7) is 5.31. The number of nitrogens with zero attached hydrogens (tertiary/aromatic N) is 7. The number of nitro groups is 1. The molecule has 0 bridgehead atoms. The number of nitrogens with one attached hydrogen (secondary N) is 1. The van der Waals surface area contributed by atoms with Gasteiger partial charge in [0.25, 0.3) is 11.6 Å². The molecular formula is C39H52N8O6. The van der Waals surface area contributed by atoms with E-state index >= 15 is 0 Å². The van der Waals surface area contributed by atoms with Gasteiger partial charge in [0.15, 0.2) is 0 Å². The van der Waals surface area contributed by atoms with Crippen molar-refractivity contribution in [3.63, 3.8) is 0 Å². The van der Waals surface area contributed by atoms with Crippen LogP contribution in [0.1, 0.15) is 85.3 Å². The van der Waals surface area contributed by atoms with Gasteiger partial charge in [-0.2, -0.15) is 0 Å². The van der Waals surface area contributed by atoms with E-state index in [9.17, 15) is 29.3 Å². The Hall–Kier alpha value is -4.56. The molecule has 2 aromatic carbocycles. The van der Waals surface area contributed by atoms with Crippen LogP contribution in [0.15, 0.2) is 35.1 Å². The van der Waals surface area contributed by atoms with Crippen molar-refractivity contribution in [3.05, 3.63) is 67.6 Å². The molecule has 1 aromatic heterocycles. The number of amides is 3. The highest BCUT2D eigenvalue weighted by atomic mass is 16.6. The standard InChI is InChI=1S/C39H52N8O6/c1-41(2)33-21-30-28(20-34(33)47(52)53)24-45(38(30)50)29-10-8-26(9-11-29)22-42(3)17-14-25-15-18-44(19-16-25)23-27-6-5-7-31-36(27)43(4)39(51)46(31)32-12-13-35(48)40-37(32)49/h5-7,20-21,25-26,29,32H,8-19,22-24H2,1-4H3,(H,40,48,49). The van der Waals surface area contributed by atoms with E-state index < -0.39 is 11.9 Å². The van der Waals surface area contributed by atoms with Crippen LogP contribution < -0.4 is 15.9 Å². The number of benzene rings is 2. The average Bonchev–Trinajstić information content (AvgIpc) is 3.59. The van der Waals surface area contributed by atoms with Gasteiger partial charge in [0.2, 0.25) is 11.8 Å². The van der Waals surface area contributed by atoms with Gasteiger partial charge < -0.3 is 14.7 Å². The Morgan fingerprint density at radius 2 is 1.68 bits per heavy atom.